The second-order valence-corrected chi connectivity index (χ2v) is 12.8. The molecule has 1 aliphatic rings. The van der Waals surface area contributed by atoms with Crippen LogP contribution in [0.25, 0.3) is 72.0 Å². The van der Waals surface area contributed by atoms with E-state index in [0.29, 0.717) is 0 Å². The minimum atomic E-state index is 0.761. The molecular weight excluding hydrogens is 623 g/mol. The molecule has 10 rings (SSSR count). The Balaban J connectivity index is 1.34. The highest BCUT2D eigenvalue weighted by atomic mass is 16.5. The summed E-state index contributed by atoms with van der Waals surface area (Å²) in [5.74, 6) is 3.07. The van der Waals surface area contributed by atoms with Crippen molar-refractivity contribution < 1.29 is 9.47 Å². The van der Waals surface area contributed by atoms with E-state index in [9.17, 15) is 0 Å². The Morgan fingerprint density at radius 1 is 0.314 bits per heavy atom. The molecule has 240 valence electrons. The largest absolute Gasteiger partial charge is 0.456 e. The third-order valence-corrected chi connectivity index (χ3v) is 9.89. The van der Waals surface area contributed by atoms with Gasteiger partial charge in [-0.25, -0.2) is 0 Å². The molecule has 9 aromatic rings. The van der Waals surface area contributed by atoms with Crippen molar-refractivity contribution in [2.75, 3.05) is 0 Å². The monoisotopic (exact) mass is 653 g/mol. The third-order valence-electron chi connectivity index (χ3n) is 9.89. The zero-order valence-corrected chi connectivity index (χ0v) is 27.7. The maximum absolute atomic E-state index is 7.10. The van der Waals surface area contributed by atoms with Gasteiger partial charge in [-0.3, -0.25) is 0 Å². The number of ether oxygens (including phenoxy) is 2. The number of rotatable bonds is 3. The van der Waals surface area contributed by atoms with E-state index in [1.807, 2.05) is 36.4 Å². The molecule has 0 spiro atoms. The molecule has 3 nitrogen and oxygen atoms in total. The summed E-state index contributed by atoms with van der Waals surface area (Å²) >= 11 is 0. The van der Waals surface area contributed by atoms with Crippen LogP contribution in [0.5, 0.6) is 23.0 Å². The lowest BCUT2D eigenvalue weighted by atomic mass is 9.86. The highest BCUT2D eigenvalue weighted by Gasteiger charge is 2.27. The van der Waals surface area contributed by atoms with Gasteiger partial charge in [0, 0.05) is 38.7 Å². The second-order valence-electron chi connectivity index (χ2n) is 12.8. The predicted octanol–water partition coefficient (Wildman–Crippen LogP) is 13.3. The maximum Gasteiger partial charge on any atom is 0.136 e. The van der Waals surface area contributed by atoms with E-state index < -0.39 is 0 Å². The Morgan fingerprint density at radius 2 is 0.784 bits per heavy atom. The molecule has 0 bridgehead atoms. The highest BCUT2D eigenvalue weighted by molar-refractivity contribution is 6.17. The number of hydrogen-bond donors (Lipinski definition) is 0. The average molecular weight is 654 g/mol. The van der Waals surface area contributed by atoms with Crippen LogP contribution in [0.15, 0.2) is 188 Å². The zero-order chi connectivity index (χ0) is 33.7. The van der Waals surface area contributed by atoms with Gasteiger partial charge in [0.1, 0.15) is 23.0 Å². The first-order chi connectivity index (χ1) is 25.3. The summed E-state index contributed by atoms with van der Waals surface area (Å²) in [4.78, 5) is 0. The van der Waals surface area contributed by atoms with Gasteiger partial charge >= 0.3 is 0 Å². The predicted molar refractivity (Wildman–Crippen MR) is 209 cm³/mol. The summed E-state index contributed by atoms with van der Waals surface area (Å²) in [6.07, 6.45) is 0. The fourth-order valence-electron chi connectivity index (χ4n) is 7.72. The van der Waals surface area contributed by atoms with Crippen molar-refractivity contribution in [2.45, 2.75) is 0 Å². The van der Waals surface area contributed by atoms with Gasteiger partial charge in [0.05, 0.1) is 11.0 Å². The average Bonchev–Trinajstić information content (AvgIpc) is 3.54. The summed E-state index contributed by atoms with van der Waals surface area (Å²) in [5, 5.41) is 2.38. The van der Waals surface area contributed by atoms with E-state index in [1.54, 1.807) is 0 Å². The standard InChI is InChI=1S/C48H31NO2/c1-3-16-32(17-4-1)34-23-14-30-44-47(34)48-38(25-15-31-45(48)51-43-29-12-9-21-36(43)35-20-8-11-28-42(35)50-44)37-24-13-27-41-46(37)39-22-7-10-26-40(39)49(41)33-18-5-2-6-19-33/h1-31H. The van der Waals surface area contributed by atoms with E-state index in [4.69, 9.17) is 9.47 Å². The third kappa shape index (κ3) is 4.74. The minimum absolute atomic E-state index is 0.761. The smallest absolute Gasteiger partial charge is 0.136 e. The van der Waals surface area contributed by atoms with Crippen LogP contribution in [0.1, 0.15) is 0 Å². The number of para-hydroxylation sites is 4. The Bertz CT molecular complexity index is 2740. The molecule has 3 heteroatoms. The van der Waals surface area contributed by atoms with Crippen molar-refractivity contribution in [3.63, 3.8) is 0 Å². The molecule has 8 aromatic carbocycles. The van der Waals surface area contributed by atoms with Gasteiger partial charge in [-0.1, -0.05) is 140 Å². The van der Waals surface area contributed by atoms with E-state index >= 15 is 0 Å². The molecule has 2 heterocycles. The van der Waals surface area contributed by atoms with Crippen molar-refractivity contribution in [2.24, 2.45) is 0 Å². The fourth-order valence-corrected chi connectivity index (χ4v) is 7.72. The molecule has 51 heavy (non-hydrogen) atoms. The molecular formula is C48H31NO2. The van der Waals surface area contributed by atoms with E-state index in [1.165, 1.54) is 10.8 Å². The van der Waals surface area contributed by atoms with Crippen LogP contribution in [0, 0.1) is 0 Å². The Labute approximate surface area is 296 Å². The van der Waals surface area contributed by atoms with Crippen molar-refractivity contribution in [1.82, 2.24) is 4.57 Å². The molecule has 0 unspecified atom stereocenters. The molecule has 0 fully saturated rings. The summed E-state index contributed by atoms with van der Waals surface area (Å²) in [5.41, 5.74) is 11.7. The van der Waals surface area contributed by atoms with Gasteiger partial charge in [-0.05, 0) is 70.8 Å². The number of aromatic nitrogens is 1. The number of nitrogens with zero attached hydrogens (tertiary/aromatic N) is 1. The van der Waals surface area contributed by atoms with Gasteiger partial charge in [0.25, 0.3) is 0 Å². The van der Waals surface area contributed by atoms with Crippen LogP contribution in [-0.2, 0) is 0 Å². The first-order valence-corrected chi connectivity index (χ1v) is 17.3. The van der Waals surface area contributed by atoms with Gasteiger partial charge in [-0.2, -0.15) is 0 Å². The molecule has 1 aromatic heterocycles. The lowest BCUT2D eigenvalue weighted by Gasteiger charge is -2.25. The zero-order valence-electron chi connectivity index (χ0n) is 27.7. The van der Waals surface area contributed by atoms with Gasteiger partial charge in [0.15, 0.2) is 0 Å². The maximum atomic E-state index is 7.10. The minimum Gasteiger partial charge on any atom is -0.456 e. The van der Waals surface area contributed by atoms with Crippen molar-refractivity contribution >= 4 is 21.8 Å². The quantitative estimate of drug-likeness (QED) is 0.189. The summed E-state index contributed by atoms with van der Waals surface area (Å²) in [7, 11) is 0. The Morgan fingerprint density at radius 3 is 1.49 bits per heavy atom. The molecule has 0 N–H and O–H groups in total. The van der Waals surface area contributed by atoms with E-state index in [2.05, 4.69) is 156 Å². The first kappa shape index (κ1) is 29.1. The fraction of sp³-hybridized carbons (Fsp3) is 0. The molecule has 1 aliphatic heterocycles. The number of fused-ring (bicyclic) bond motifs is 9. The van der Waals surface area contributed by atoms with Crippen LogP contribution < -0.4 is 9.47 Å². The van der Waals surface area contributed by atoms with Crippen LogP contribution in [-0.4, -0.2) is 4.57 Å². The van der Waals surface area contributed by atoms with E-state index in [-0.39, 0.29) is 0 Å². The molecule has 0 amide bonds. The summed E-state index contributed by atoms with van der Waals surface area (Å²) < 4.78 is 16.5. The molecule has 0 atom stereocenters. The van der Waals surface area contributed by atoms with Crippen LogP contribution in [0.3, 0.4) is 0 Å². The number of hydrogen-bond acceptors (Lipinski definition) is 2. The van der Waals surface area contributed by atoms with Gasteiger partial charge in [0.2, 0.25) is 0 Å². The van der Waals surface area contributed by atoms with Crippen LogP contribution in [0.4, 0.5) is 0 Å². The highest BCUT2D eigenvalue weighted by Crippen LogP contribution is 2.53. The van der Waals surface area contributed by atoms with Crippen LogP contribution >= 0.6 is 0 Å². The second kappa shape index (κ2) is 11.9. The molecule has 0 radical (unpaired) electrons. The van der Waals surface area contributed by atoms with Crippen molar-refractivity contribution in [3.8, 4) is 73.2 Å². The van der Waals surface area contributed by atoms with E-state index in [0.717, 1.165) is 84.2 Å². The van der Waals surface area contributed by atoms with Gasteiger partial charge in [-0.15, -0.1) is 0 Å². The van der Waals surface area contributed by atoms with Crippen molar-refractivity contribution in [3.05, 3.63) is 188 Å². The lowest BCUT2D eigenvalue weighted by molar-refractivity contribution is 0.472. The normalized spacial score (nSPS) is 11.8. The first-order valence-electron chi connectivity index (χ1n) is 17.3. The van der Waals surface area contributed by atoms with Gasteiger partial charge < -0.3 is 14.0 Å². The van der Waals surface area contributed by atoms with Crippen molar-refractivity contribution in [1.29, 1.82) is 0 Å². The molecule has 0 aliphatic carbocycles. The topological polar surface area (TPSA) is 23.4 Å². The Kier molecular flexibility index (Phi) is 6.81. The molecule has 0 saturated carbocycles. The lowest BCUT2D eigenvalue weighted by Crippen LogP contribution is -2.00. The summed E-state index contributed by atoms with van der Waals surface area (Å²) in [6, 6.07) is 65.7. The summed E-state index contributed by atoms with van der Waals surface area (Å²) in [6.45, 7) is 0. The van der Waals surface area contributed by atoms with Crippen LogP contribution in [0.2, 0.25) is 0 Å². The molecule has 0 saturated heterocycles. The number of benzene rings is 8. The Hall–Kier alpha value is -6.84. The SMILES string of the molecule is c1ccc(-c2cccc3c2-c2c(cccc2-c2cccc4c2c2ccccc2n4-c2ccccc2)Oc2ccccc2-c2ccccc2O3)cc1.